The summed E-state index contributed by atoms with van der Waals surface area (Å²) in [6, 6.07) is 12.5. The van der Waals surface area contributed by atoms with Crippen molar-refractivity contribution in [2.24, 2.45) is 0 Å². The number of hydrogen-bond donors (Lipinski definition) is 1. The van der Waals surface area contributed by atoms with E-state index in [-0.39, 0.29) is 5.56 Å². The van der Waals surface area contributed by atoms with Crippen LogP contribution in [0.3, 0.4) is 0 Å². The van der Waals surface area contributed by atoms with Crippen LogP contribution in [0.1, 0.15) is 41.8 Å². The number of H-pyrrole nitrogens is 1. The fraction of sp³-hybridized carbons (Fsp3) is 0.364. The maximum atomic E-state index is 12.4. The average molecular weight is 362 g/mol. The van der Waals surface area contributed by atoms with Crippen molar-refractivity contribution in [1.82, 2.24) is 19.5 Å². The number of aryl methyl sites for hydroxylation is 1. The van der Waals surface area contributed by atoms with Gasteiger partial charge in [0.05, 0.1) is 0 Å². The predicted octanol–water partition coefficient (Wildman–Crippen LogP) is 3.53. The molecular formula is C22H26N4O. The highest BCUT2D eigenvalue weighted by molar-refractivity contribution is 5.52. The van der Waals surface area contributed by atoms with Crippen LogP contribution in [0.15, 0.2) is 46.8 Å². The summed E-state index contributed by atoms with van der Waals surface area (Å²) < 4.78 is 1.58. The Kier molecular flexibility index (Phi) is 4.70. The largest absolute Gasteiger partial charge is 0.299 e. The van der Waals surface area contributed by atoms with E-state index in [1.54, 1.807) is 4.52 Å². The first-order valence-electron chi connectivity index (χ1n) is 9.54. The van der Waals surface area contributed by atoms with E-state index in [0.29, 0.717) is 11.5 Å². The molecule has 0 bridgehead atoms. The molecule has 1 atom stereocenters. The van der Waals surface area contributed by atoms with Gasteiger partial charge in [-0.2, -0.15) is 0 Å². The van der Waals surface area contributed by atoms with E-state index < -0.39 is 0 Å². The van der Waals surface area contributed by atoms with Gasteiger partial charge in [0.25, 0.3) is 5.56 Å². The van der Waals surface area contributed by atoms with Gasteiger partial charge in [-0.15, -0.1) is 0 Å². The van der Waals surface area contributed by atoms with E-state index in [4.69, 9.17) is 0 Å². The van der Waals surface area contributed by atoms with Crippen LogP contribution >= 0.6 is 0 Å². The van der Waals surface area contributed by atoms with Gasteiger partial charge in [-0.1, -0.05) is 42.0 Å². The Bertz CT molecular complexity index is 1050. The molecule has 0 saturated carbocycles. The quantitative estimate of drug-likeness (QED) is 0.772. The maximum Gasteiger partial charge on any atom is 0.275 e. The summed E-state index contributed by atoms with van der Waals surface area (Å²) in [4.78, 5) is 19.5. The van der Waals surface area contributed by atoms with Gasteiger partial charge in [0, 0.05) is 42.0 Å². The molecule has 0 radical (unpaired) electrons. The minimum atomic E-state index is 0.000224. The molecule has 1 saturated heterocycles. The summed E-state index contributed by atoms with van der Waals surface area (Å²) in [5.41, 5.74) is 5.95. The standard InChI is InChI=1S/C22H26N4O/c1-15(11-18-7-5-4-6-8-18)13-25-10-9-19(14-25)20-12-21-23-17(3)16(2)22(27)26(21)24-20/h4-8,11-12,19,24H,9-10,13-14H2,1-3H3/b15-11+/t19-/m0/s1. The number of aromatic amines is 1. The third-order valence-electron chi connectivity index (χ3n) is 5.50. The van der Waals surface area contributed by atoms with Crippen molar-refractivity contribution in [2.45, 2.75) is 33.1 Å². The Morgan fingerprint density at radius 3 is 2.85 bits per heavy atom. The van der Waals surface area contributed by atoms with Crippen LogP contribution in [0.2, 0.25) is 0 Å². The number of fused-ring (bicyclic) bond motifs is 1. The Labute approximate surface area is 159 Å². The van der Waals surface area contributed by atoms with Crippen LogP contribution in [0, 0.1) is 13.8 Å². The molecule has 3 heterocycles. The van der Waals surface area contributed by atoms with Gasteiger partial charge in [-0.3, -0.25) is 14.8 Å². The highest BCUT2D eigenvalue weighted by Crippen LogP contribution is 2.27. The van der Waals surface area contributed by atoms with Crippen molar-refractivity contribution in [3.05, 3.63) is 74.8 Å². The van der Waals surface area contributed by atoms with E-state index in [9.17, 15) is 4.79 Å². The predicted molar refractivity (Wildman–Crippen MR) is 109 cm³/mol. The minimum Gasteiger partial charge on any atom is -0.299 e. The van der Waals surface area contributed by atoms with Gasteiger partial charge in [-0.25, -0.2) is 9.50 Å². The third kappa shape index (κ3) is 3.60. The molecule has 27 heavy (non-hydrogen) atoms. The average Bonchev–Trinajstić information content (AvgIpc) is 3.27. The number of rotatable bonds is 4. The molecule has 140 valence electrons. The number of hydrogen-bond acceptors (Lipinski definition) is 3. The molecule has 1 N–H and O–H groups in total. The fourth-order valence-corrected chi connectivity index (χ4v) is 3.91. The van der Waals surface area contributed by atoms with Gasteiger partial charge < -0.3 is 0 Å². The highest BCUT2D eigenvalue weighted by Gasteiger charge is 2.25. The SMILES string of the molecule is C/C(=C\c1ccccc1)CN1CC[C@H](c2cc3nc(C)c(C)c(=O)n3[nH]2)C1. The topological polar surface area (TPSA) is 53.4 Å². The summed E-state index contributed by atoms with van der Waals surface area (Å²) in [7, 11) is 0. The van der Waals surface area contributed by atoms with Gasteiger partial charge in [0.1, 0.15) is 0 Å². The third-order valence-corrected chi connectivity index (χ3v) is 5.50. The van der Waals surface area contributed by atoms with Crippen molar-refractivity contribution in [3.8, 4) is 0 Å². The molecule has 0 amide bonds. The first-order valence-corrected chi connectivity index (χ1v) is 9.54. The van der Waals surface area contributed by atoms with Gasteiger partial charge in [-0.05, 0) is 39.3 Å². The van der Waals surface area contributed by atoms with E-state index in [1.165, 1.54) is 11.1 Å². The molecule has 1 aromatic carbocycles. The van der Waals surface area contributed by atoms with Crippen LogP contribution in [0.4, 0.5) is 0 Å². The summed E-state index contributed by atoms with van der Waals surface area (Å²) in [6.07, 6.45) is 3.35. The van der Waals surface area contributed by atoms with E-state index in [1.807, 2.05) is 26.0 Å². The molecule has 1 aliphatic heterocycles. The molecule has 0 spiro atoms. The number of aromatic nitrogens is 3. The van der Waals surface area contributed by atoms with Crippen LogP contribution in [-0.2, 0) is 0 Å². The first-order chi connectivity index (χ1) is 13.0. The van der Waals surface area contributed by atoms with Crippen LogP contribution in [0.5, 0.6) is 0 Å². The van der Waals surface area contributed by atoms with Crippen molar-refractivity contribution < 1.29 is 0 Å². The summed E-state index contributed by atoms with van der Waals surface area (Å²) in [6.45, 7) is 8.96. The van der Waals surface area contributed by atoms with Crippen molar-refractivity contribution in [2.75, 3.05) is 19.6 Å². The first kappa shape index (κ1) is 17.7. The zero-order valence-corrected chi connectivity index (χ0v) is 16.2. The molecule has 2 aromatic heterocycles. The zero-order valence-electron chi connectivity index (χ0n) is 16.2. The van der Waals surface area contributed by atoms with E-state index in [0.717, 1.165) is 43.1 Å². The van der Waals surface area contributed by atoms with Crippen LogP contribution < -0.4 is 5.56 Å². The zero-order chi connectivity index (χ0) is 19.0. The van der Waals surface area contributed by atoms with Crippen molar-refractivity contribution in [1.29, 1.82) is 0 Å². The highest BCUT2D eigenvalue weighted by atomic mass is 16.1. The number of nitrogens with zero attached hydrogens (tertiary/aromatic N) is 3. The minimum absolute atomic E-state index is 0.000224. The monoisotopic (exact) mass is 362 g/mol. The van der Waals surface area contributed by atoms with Crippen LogP contribution in [-0.4, -0.2) is 39.1 Å². The lowest BCUT2D eigenvalue weighted by atomic mass is 10.1. The Hall–Kier alpha value is -2.66. The molecule has 5 heteroatoms. The second-order valence-corrected chi connectivity index (χ2v) is 7.65. The molecule has 0 unspecified atom stereocenters. The number of benzene rings is 1. The fourth-order valence-electron chi connectivity index (χ4n) is 3.91. The summed E-state index contributed by atoms with van der Waals surface area (Å²) >= 11 is 0. The Morgan fingerprint density at radius 1 is 1.30 bits per heavy atom. The molecule has 3 aromatic rings. The lowest BCUT2D eigenvalue weighted by Gasteiger charge is -2.16. The molecule has 1 aliphatic rings. The second-order valence-electron chi connectivity index (χ2n) is 7.65. The van der Waals surface area contributed by atoms with Gasteiger partial charge in [0.15, 0.2) is 5.65 Å². The normalized spacial score (nSPS) is 18.5. The van der Waals surface area contributed by atoms with E-state index in [2.05, 4.69) is 52.2 Å². The smallest absolute Gasteiger partial charge is 0.275 e. The second kappa shape index (κ2) is 7.16. The van der Waals surface area contributed by atoms with E-state index >= 15 is 0 Å². The molecular weight excluding hydrogens is 336 g/mol. The van der Waals surface area contributed by atoms with Crippen molar-refractivity contribution in [3.63, 3.8) is 0 Å². The van der Waals surface area contributed by atoms with Gasteiger partial charge >= 0.3 is 0 Å². The molecule has 1 fully saturated rings. The van der Waals surface area contributed by atoms with Crippen LogP contribution in [0.25, 0.3) is 11.7 Å². The summed E-state index contributed by atoms with van der Waals surface area (Å²) in [5.74, 6) is 0.413. The van der Waals surface area contributed by atoms with Crippen molar-refractivity contribution >= 4 is 11.7 Å². The molecule has 4 rings (SSSR count). The Balaban J connectivity index is 1.48. The Morgan fingerprint density at radius 2 is 2.07 bits per heavy atom. The summed E-state index contributed by atoms with van der Waals surface area (Å²) in [5, 5.41) is 3.29. The number of likely N-dealkylation sites (tertiary alicyclic amines) is 1. The molecule has 0 aliphatic carbocycles. The maximum absolute atomic E-state index is 12.4. The molecule has 5 nitrogen and oxygen atoms in total. The lowest BCUT2D eigenvalue weighted by molar-refractivity contribution is 0.363. The lowest BCUT2D eigenvalue weighted by Crippen LogP contribution is -2.22. The number of nitrogens with one attached hydrogen (secondary N) is 1. The van der Waals surface area contributed by atoms with Gasteiger partial charge in [0.2, 0.25) is 0 Å².